The molecule has 0 N–H and O–H groups in total. The van der Waals surface area contributed by atoms with E-state index in [1.54, 1.807) is 0 Å². The summed E-state index contributed by atoms with van der Waals surface area (Å²) in [7, 11) is 0. The van der Waals surface area contributed by atoms with Crippen molar-refractivity contribution in [2.24, 2.45) is 17.8 Å². The summed E-state index contributed by atoms with van der Waals surface area (Å²) in [4.78, 5) is 0. The van der Waals surface area contributed by atoms with Crippen molar-refractivity contribution >= 4 is 0 Å². The molecule has 0 amide bonds. The topological polar surface area (TPSA) is 14.1 Å². The van der Waals surface area contributed by atoms with Crippen molar-refractivity contribution in [2.75, 3.05) is 13.1 Å². The van der Waals surface area contributed by atoms with Crippen LogP contribution in [-0.4, -0.2) is 13.1 Å². The standard InChI is InChI=1S/C8H14N/c1-6-2-7-4-9-5-8(7)3-6/h6-8H,2-5H2,1H3/t6?,7-,8+. The van der Waals surface area contributed by atoms with Crippen LogP contribution in [0.1, 0.15) is 19.8 Å². The summed E-state index contributed by atoms with van der Waals surface area (Å²) < 4.78 is 0. The zero-order chi connectivity index (χ0) is 6.27. The van der Waals surface area contributed by atoms with Crippen LogP contribution in [0.5, 0.6) is 0 Å². The number of hydrogen-bond acceptors (Lipinski definition) is 0. The van der Waals surface area contributed by atoms with Crippen LogP contribution in [0.15, 0.2) is 0 Å². The molecule has 1 radical (unpaired) electrons. The summed E-state index contributed by atoms with van der Waals surface area (Å²) in [5.74, 6) is 2.97. The Balaban J connectivity index is 2.02. The average Bonchev–Trinajstić information content (AvgIpc) is 2.22. The molecule has 0 aromatic rings. The predicted octanol–water partition coefficient (Wildman–Crippen LogP) is 1.27. The molecule has 3 atom stereocenters. The second-order valence-electron chi connectivity index (χ2n) is 3.69. The maximum Gasteiger partial charge on any atom is 0.0165 e. The van der Waals surface area contributed by atoms with E-state index in [4.69, 9.17) is 0 Å². The maximum absolute atomic E-state index is 4.40. The molecule has 1 heteroatoms. The van der Waals surface area contributed by atoms with Crippen LogP contribution in [0, 0.1) is 17.8 Å². The lowest BCUT2D eigenvalue weighted by molar-refractivity contribution is 0.494. The van der Waals surface area contributed by atoms with Gasteiger partial charge in [0.15, 0.2) is 0 Å². The van der Waals surface area contributed by atoms with Crippen molar-refractivity contribution in [3.8, 4) is 0 Å². The summed E-state index contributed by atoms with van der Waals surface area (Å²) in [6, 6.07) is 0. The normalized spacial score (nSPS) is 49.7. The average molecular weight is 124 g/mol. The van der Waals surface area contributed by atoms with Gasteiger partial charge < -0.3 is 0 Å². The van der Waals surface area contributed by atoms with Gasteiger partial charge in [0.1, 0.15) is 0 Å². The van der Waals surface area contributed by atoms with E-state index >= 15 is 0 Å². The largest absolute Gasteiger partial charge is 0.241 e. The van der Waals surface area contributed by atoms with Gasteiger partial charge in [-0.15, -0.1) is 0 Å². The summed E-state index contributed by atoms with van der Waals surface area (Å²) >= 11 is 0. The highest BCUT2D eigenvalue weighted by molar-refractivity contribution is 4.88. The first kappa shape index (κ1) is 5.72. The van der Waals surface area contributed by atoms with Crippen LogP contribution in [-0.2, 0) is 0 Å². The molecule has 1 aliphatic heterocycles. The van der Waals surface area contributed by atoms with Gasteiger partial charge in [0.25, 0.3) is 0 Å². The van der Waals surface area contributed by atoms with Crippen LogP contribution in [0.4, 0.5) is 0 Å². The lowest BCUT2D eigenvalue weighted by Gasteiger charge is -2.02. The van der Waals surface area contributed by atoms with Gasteiger partial charge in [-0.05, 0) is 30.6 Å². The molecule has 1 saturated carbocycles. The zero-order valence-electron chi connectivity index (χ0n) is 6.01. The van der Waals surface area contributed by atoms with Crippen molar-refractivity contribution in [3.63, 3.8) is 0 Å². The molecule has 1 aliphatic carbocycles. The molecule has 0 aromatic heterocycles. The summed E-state index contributed by atoms with van der Waals surface area (Å²) in [6.45, 7) is 4.72. The second-order valence-corrected chi connectivity index (χ2v) is 3.69. The highest BCUT2D eigenvalue weighted by Gasteiger charge is 2.35. The molecule has 0 aromatic carbocycles. The highest BCUT2D eigenvalue weighted by atomic mass is 14.9. The molecule has 2 rings (SSSR count). The van der Waals surface area contributed by atoms with Crippen molar-refractivity contribution in [1.82, 2.24) is 5.32 Å². The minimum absolute atomic E-state index is 0.986. The Morgan fingerprint density at radius 3 is 2.22 bits per heavy atom. The van der Waals surface area contributed by atoms with E-state index in [-0.39, 0.29) is 0 Å². The molecular weight excluding hydrogens is 110 g/mol. The minimum atomic E-state index is 0.986. The molecular formula is C8H14N. The van der Waals surface area contributed by atoms with E-state index in [9.17, 15) is 0 Å². The molecule has 0 spiro atoms. The Kier molecular flexibility index (Phi) is 1.26. The quantitative estimate of drug-likeness (QED) is 0.461. The van der Waals surface area contributed by atoms with E-state index in [1.165, 1.54) is 25.9 Å². The van der Waals surface area contributed by atoms with E-state index < -0.39 is 0 Å². The Bertz CT molecular complexity index is 99.1. The van der Waals surface area contributed by atoms with Gasteiger partial charge in [-0.2, -0.15) is 0 Å². The van der Waals surface area contributed by atoms with Gasteiger partial charge in [0.05, 0.1) is 0 Å². The molecule has 1 heterocycles. The summed E-state index contributed by atoms with van der Waals surface area (Å²) in [6.07, 6.45) is 2.91. The number of nitrogens with zero attached hydrogens (tertiary/aromatic N) is 1. The Labute approximate surface area is 56.8 Å². The van der Waals surface area contributed by atoms with Gasteiger partial charge in [-0.3, -0.25) is 0 Å². The SMILES string of the molecule is CC1C[C@H]2C[N]C[C@H]2C1. The summed E-state index contributed by atoms with van der Waals surface area (Å²) in [5, 5.41) is 4.40. The van der Waals surface area contributed by atoms with Gasteiger partial charge >= 0.3 is 0 Å². The number of hydrogen-bond donors (Lipinski definition) is 0. The lowest BCUT2D eigenvalue weighted by atomic mass is 10.0. The molecule has 9 heavy (non-hydrogen) atoms. The van der Waals surface area contributed by atoms with Crippen LogP contribution < -0.4 is 5.32 Å². The fourth-order valence-electron chi connectivity index (χ4n) is 2.37. The van der Waals surface area contributed by atoms with Crippen LogP contribution >= 0.6 is 0 Å². The van der Waals surface area contributed by atoms with Crippen molar-refractivity contribution in [1.29, 1.82) is 0 Å². The van der Waals surface area contributed by atoms with Gasteiger partial charge in [0.2, 0.25) is 0 Å². The Hall–Kier alpha value is -0.0400. The molecule has 51 valence electrons. The molecule has 2 aliphatic rings. The van der Waals surface area contributed by atoms with Gasteiger partial charge in [0, 0.05) is 13.1 Å². The highest BCUT2D eigenvalue weighted by Crippen LogP contribution is 2.38. The number of fused-ring (bicyclic) bond motifs is 1. The van der Waals surface area contributed by atoms with Gasteiger partial charge in [-0.25, -0.2) is 5.32 Å². The van der Waals surface area contributed by atoms with E-state index in [1.807, 2.05) is 0 Å². The lowest BCUT2D eigenvalue weighted by Crippen LogP contribution is -2.02. The predicted molar refractivity (Wildman–Crippen MR) is 37.2 cm³/mol. The van der Waals surface area contributed by atoms with Crippen molar-refractivity contribution in [2.45, 2.75) is 19.8 Å². The van der Waals surface area contributed by atoms with Crippen LogP contribution in [0.2, 0.25) is 0 Å². The first-order valence-electron chi connectivity index (χ1n) is 3.99. The zero-order valence-corrected chi connectivity index (χ0v) is 6.01. The molecule has 1 saturated heterocycles. The van der Waals surface area contributed by atoms with Crippen LogP contribution in [0.25, 0.3) is 0 Å². The third kappa shape index (κ3) is 0.877. The Morgan fingerprint density at radius 2 is 1.67 bits per heavy atom. The van der Waals surface area contributed by atoms with Gasteiger partial charge in [-0.1, -0.05) is 6.92 Å². The second kappa shape index (κ2) is 1.98. The number of rotatable bonds is 0. The fraction of sp³-hybridized carbons (Fsp3) is 1.00. The Morgan fingerprint density at radius 1 is 1.11 bits per heavy atom. The molecule has 0 bridgehead atoms. The van der Waals surface area contributed by atoms with E-state index in [2.05, 4.69) is 12.2 Å². The third-order valence-electron chi connectivity index (χ3n) is 2.80. The third-order valence-corrected chi connectivity index (χ3v) is 2.80. The van der Waals surface area contributed by atoms with Crippen LogP contribution in [0.3, 0.4) is 0 Å². The van der Waals surface area contributed by atoms with Crippen molar-refractivity contribution in [3.05, 3.63) is 0 Å². The fourth-order valence-corrected chi connectivity index (χ4v) is 2.37. The minimum Gasteiger partial charge on any atom is -0.241 e. The first-order valence-corrected chi connectivity index (χ1v) is 3.99. The monoisotopic (exact) mass is 124 g/mol. The maximum atomic E-state index is 4.40. The van der Waals surface area contributed by atoms with E-state index in [0.717, 1.165) is 17.8 Å². The first-order chi connectivity index (χ1) is 4.36. The summed E-state index contributed by atoms with van der Waals surface area (Å²) in [5.41, 5.74) is 0. The smallest absolute Gasteiger partial charge is 0.0165 e. The van der Waals surface area contributed by atoms with Crippen molar-refractivity contribution < 1.29 is 0 Å². The van der Waals surface area contributed by atoms with E-state index in [0.29, 0.717) is 0 Å². The molecule has 2 fully saturated rings. The molecule has 1 nitrogen and oxygen atoms in total. The molecule has 1 unspecified atom stereocenters.